The molecule has 0 saturated carbocycles. The quantitative estimate of drug-likeness (QED) is 0.737. The van der Waals surface area contributed by atoms with Crippen molar-refractivity contribution in [1.29, 1.82) is 0 Å². The Morgan fingerprint density at radius 3 is 2.81 bits per heavy atom. The van der Waals surface area contributed by atoms with Crippen LogP contribution < -0.4 is 5.32 Å². The van der Waals surface area contributed by atoms with Gasteiger partial charge in [0.2, 0.25) is 0 Å². The molecule has 0 aliphatic carbocycles. The Bertz CT molecular complexity index is 262. The van der Waals surface area contributed by atoms with Gasteiger partial charge in [-0.3, -0.25) is 4.90 Å². The van der Waals surface area contributed by atoms with Gasteiger partial charge in [-0.05, 0) is 37.6 Å². The van der Waals surface area contributed by atoms with Crippen molar-refractivity contribution >= 4 is 0 Å². The molecule has 1 saturated heterocycles. The van der Waals surface area contributed by atoms with E-state index >= 15 is 0 Å². The SMILES string of the molecule is CC1=CCN(CC2(C(C)C)CCNC2)CC1. The van der Waals surface area contributed by atoms with E-state index < -0.39 is 0 Å². The van der Waals surface area contributed by atoms with E-state index in [4.69, 9.17) is 0 Å². The monoisotopic (exact) mass is 222 g/mol. The fraction of sp³-hybridized carbons (Fsp3) is 0.857. The summed E-state index contributed by atoms with van der Waals surface area (Å²) in [6.07, 6.45) is 5.02. The Kier molecular flexibility index (Phi) is 3.70. The van der Waals surface area contributed by atoms with E-state index in [0.717, 1.165) is 5.92 Å². The summed E-state index contributed by atoms with van der Waals surface area (Å²) in [6.45, 7) is 13.2. The van der Waals surface area contributed by atoms with Crippen LogP contribution in [0.5, 0.6) is 0 Å². The van der Waals surface area contributed by atoms with E-state index in [1.54, 1.807) is 5.57 Å². The molecule has 0 spiro atoms. The second-order valence-corrected chi connectivity index (χ2v) is 5.98. The van der Waals surface area contributed by atoms with Gasteiger partial charge in [-0.15, -0.1) is 0 Å². The number of nitrogens with zero attached hydrogens (tertiary/aromatic N) is 1. The van der Waals surface area contributed by atoms with E-state index in [0.29, 0.717) is 5.41 Å². The molecule has 2 heterocycles. The average molecular weight is 222 g/mol. The van der Waals surface area contributed by atoms with Crippen LogP contribution in [0.25, 0.3) is 0 Å². The van der Waals surface area contributed by atoms with Crippen LogP contribution >= 0.6 is 0 Å². The van der Waals surface area contributed by atoms with Crippen molar-refractivity contribution in [1.82, 2.24) is 10.2 Å². The average Bonchev–Trinajstić information content (AvgIpc) is 2.71. The summed E-state index contributed by atoms with van der Waals surface area (Å²) in [5.74, 6) is 0.787. The molecule has 2 aliphatic rings. The molecule has 16 heavy (non-hydrogen) atoms. The first-order valence-electron chi connectivity index (χ1n) is 6.71. The molecule has 1 fully saturated rings. The highest BCUT2D eigenvalue weighted by Crippen LogP contribution is 2.35. The van der Waals surface area contributed by atoms with Crippen LogP contribution in [-0.4, -0.2) is 37.6 Å². The normalized spacial score (nSPS) is 32.1. The van der Waals surface area contributed by atoms with Crippen LogP contribution in [0.2, 0.25) is 0 Å². The third-order valence-corrected chi connectivity index (χ3v) is 4.56. The van der Waals surface area contributed by atoms with Crippen molar-refractivity contribution in [2.24, 2.45) is 11.3 Å². The van der Waals surface area contributed by atoms with E-state index in [1.807, 2.05) is 0 Å². The molecule has 1 unspecified atom stereocenters. The molecule has 2 heteroatoms. The maximum Gasteiger partial charge on any atom is 0.0166 e. The maximum absolute atomic E-state index is 3.55. The standard InChI is InChI=1S/C14H26N2/c1-12(2)14(6-7-15-10-14)11-16-8-4-13(3)5-9-16/h4,12,15H,5-11H2,1-3H3. The predicted molar refractivity (Wildman–Crippen MR) is 69.6 cm³/mol. The minimum Gasteiger partial charge on any atom is -0.316 e. The van der Waals surface area contributed by atoms with E-state index in [9.17, 15) is 0 Å². The Labute approximate surface area is 100 Å². The van der Waals surface area contributed by atoms with Crippen molar-refractivity contribution in [3.05, 3.63) is 11.6 Å². The lowest BCUT2D eigenvalue weighted by Gasteiger charge is -2.39. The molecule has 92 valence electrons. The molecule has 0 aromatic carbocycles. The lowest BCUT2D eigenvalue weighted by molar-refractivity contribution is 0.123. The Balaban J connectivity index is 1.96. The molecule has 1 atom stereocenters. The molecule has 1 N–H and O–H groups in total. The second-order valence-electron chi connectivity index (χ2n) is 5.98. The molecule has 0 aromatic rings. The highest BCUT2D eigenvalue weighted by Gasteiger charge is 2.38. The van der Waals surface area contributed by atoms with Gasteiger partial charge in [0.15, 0.2) is 0 Å². The number of hydrogen-bond acceptors (Lipinski definition) is 2. The smallest absolute Gasteiger partial charge is 0.0166 e. The lowest BCUT2D eigenvalue weighted by Crippen LogP contribution is -2.44. The molecule has 0 bridgehead atoms. The lowest BCUT2D eigenvalue weighted by atomic mass is 9.76. The fourth-order valence-corrected chi connectivity index (χ4v) is 2.98. The molecular weight excluding hydrogens is 196 g/mol. The molecule has 2 rings (SSSR count). The molecule has 0 aromatic heterocycles. The zero-order valence-corrected chi connectivity index (χ0v) is 11.1. The van der Waals surface area contributed by atoms with Crippen molar-refractivity contribution < 1.29 is 0 Å². The van der Waals surface area contributed by atoms with Crippen LogP contribution in [-0.2, 0) is 0 Å². The largest absolute Gasteiger partial charge is 0.316 e. The zero-order valence-electron chi connectivity index (χ0n) is 11.1. The van der Waals surface area contributed by atoms with Crippen molar-refractivity contribution in [2.45, 2.75) is 33.6 Å². The first-order chi connectivity index (χ1) is 7.62. The summed E-state index contributed by atoms with van der Waals surface area (Å²) < 4.78 is 0. The van der Waals surface area contributed by atoms with Gasteiger partial charge in [0.25, 0.3) is 0 Å². The van der Waals surface area contributed by atoms with Crippen LogP contribution in [0, 0.1) is 11.3 Å². The van der Waals surface area contributed by atoms with Gasteiger partial charge in [0, 0.05) is 26.2 Å². The molecule has 0 amide bonds. The van der Waals surface area contributed by atoms with Crippen LogP contribution in [0.15, 0.2) is 11.6 Å². The Hall–Kier alpha value is -0.340. The van der Waals surface area contributed by atoms with Gasteiger partial charge < -0.3 is 5.32 Å². The van der Waals surface area contributed by atoms with Gasteiger partial charge >= 0.3 is 0 Å². The zero-order chi connectivity index (χ0) is 11.6. The molecule has 0 radical (unpaired) electrons. The summed E-state index contributed by atoms with van der Waals surface area (Å²) in [5.41, 5.74) is 2.10. The third kappa shape index (κ3) is 2.49. The minimum absolute atomic E-state index is 0.527. The predicted octanol–water partition coefficient (Wildman–Crippen LogP) is 2.27. The maximum atomic E-state index is 3.55. The second kappa shape index (κ2) is 4.89. The molecule has 2 aliphatic heterocycles. The third-order valence-electron chi connectivity index (χ3n) is 4.56. The summed E-state index contributed by atoms with van der Waals surface area (Å²) >= 11 is 0. The summed E-state index contributed by atoms with van der Waals surface area (Å²) in [7, 11) is 0. The number of rotatable bonds is 3. The highest BCUT2D eigenvalue weighted by atomic mass is 15.1. The van der Waals surface area contributed by atoms with Crippen molar-refractivity contribution in [3.8, 4) is 0 Å². The van der Waals surface area contributed by atoms with E-state index in [2.05, 4.69) is 37.1 Å². The van der Waals surface area contributed by atoms with Gasteiger partial charge in [0.05, 0.1) is 0 Å². The minimum atomic E-state index is 0.527. The van der Waals surface area contributed by atoms with Gasteiger partial charge in [-0.1, -0.05) is 25.5 Å². The summed E-state index contributed by atoms with van der Waals surface area (Å²) in [4.78, 5) is 2.64. The summed E-state index contributed by atoms with van der Waals surface area (Å²) in [6, 6.07) is 0. The Morgan fingerprint density at radius 1 is 1.50 bits per heavy atom. The van der Waals surface area contributed by atoms with E-state index in [1.165, 1.54) is 45.6 Å². The van der Waals surface area contributed by atoms with Gasteiger partial charge in [-0.2, -0.15) is 0 Å². The summed E-state index contributed by atoms with van der Waals surface area (Å²) in [5, 5.41) is 3.55. The first-order valence-corrected chi connectivity index (χ1v) is 6.71. The first kappa shape index (κ1) is 12.1. The van der Waals surface area contributed by atoms with Crippen LogP contribution in [0.1, 0.15) is 33.6 Å². The number of hydrogen-bond donors (Lipinski definition) is 1. The van der Waals surface area contributed by atoms with E-state index in [-0.39, 0.29) is 0 Å². The van der Waals surface area contributed by atoms with Crippen LogP contribution in [0.4, 0.5) is 0 Å². The Morgan fingerprint density at radius 2 is 2.31 bits per heavy atom. The van der Waals surface area contributed by atoms with Crippen molar-refractivity contribution in [2.75, 3.05) is 32.7 Å². The topological polar surface area (TPSA) is 15.3 Å². The fourth-order valence-electron chi connectivity index (χ4n) is 2.98. The molecule has 2 nitrogen and oxygen atoms in total. The number of nitrogens with one attached hydrogen (secondary N) is 1. The van der Waals surface area contributed by atoms with Gasteiger partial charge in [-0.25, -0.2) is 0 Å². The van der Waals surface area contributed by atoms with Crippen LogP contribution in [0.3, 0.4) is 0 Å². The highest BCUT2D eigenvalue weighted by molar-refractivity contribution is 5.05. The van der Waals surface area contributed by atoms with Crippen molar-refractivity contribution in [3.63, 3.8) is 0 Å². The molecular formula is C14H26N2. The van der Waals surface area contributed by atoms with Gasteiger partial charge in [0.1, 0.15) is 0 Å².